The molecule has 1 unspecified atom stereocenters. The minimum absolute atomic E-state index is 0.124. The van der Waals surface area contributed by atoms with Crippen LogP contribution < -0.4 is 5.32 Å². The van der Waals surface area contributed by atoms with Crippen molar-refractivity contribution in [1.82, 2.24) is 15.5 Å². The Kier molecular flexibility index (Phi) is 4.05. The van der Waals surface area contributed by atoms with Crippen LogP contribution >= 0.6 is 0 Å². The number of rotatable bonds is 5. The molecule has 1 saturated heterocycles. The SMILES string of the molecule is Cc1cc2cc(C(C)NC(=O)c3cc(CC4COC4)no3)ccc2[nH]1. The van der Waals surface area contributed by atoms with Crippen LogP contribution in [0.1, 0.15) is 40.5 Å². The van der Waals surface area contributed by atoms with Gasteiger partial charge >= 0.3 is 0 Å². The number of hydrogen-bond donors (Lipinski definition) is 2. The lowest BCUT2D eigenvalue weighted by molar-refractivity contribution is -0.0318. The van der Waals surface area contributed by atoms with Crippen molar-refractivity contribution in [3.63, 3.8) is 0 Å². The number of hydrogen-bond acceptors (Lipinski definition) is 4. The molecule has 25 heavy (non-hydrogen) atoms. The van der Waals surface area contributed by atoms with E-state index in [1.54, 1.807) is 6.07 Å². The Morgan fingerprint density at radius 1 is 1.36 bits per heavy atom. The molecule has 1 amide bonds. The van der Waals surface area contributed by atoms with Crippen LogP contribution in [0.15, 0.2) is 34.9 Å². The van der Waals surface area contributed by atoms with Gasteiger partial charge in [-0.15, -0.1) is 0 Å². The fraction of sp³-hybridized carbons (Fsp3) is 0.368. The number of fused-ring (bicyclic) bond motifs is 1. The van der Waals surface area contributed by atoms with E-state index in [0.717, 1.165) is 47.5 Å². The fourth-order valence-corrected chi connectivity index (χ4v) is 3.13. The molecule has 6 heteroatoms. The van der Waals surface area contributed by atoms with Gasteiger partial charge in [-0.25, -0.2) is 0 Å². The number of nitrogens with one attached hydrogen (secondary N) is 2. The second-order valence-corrected chi connectivity index (χ2v) is 6.78. The number of aromatic nitrogens is 2. The van der Waals surface area contributed by atoms with E-state index >= 15 is 0 Å². The first-order valence-electron chi connectivity index (χ1n) is 8.52. The lowest BCUT2D eigenvalue weighted by Crippen LogP contribution is -2.29. The smallest absolute Gasteiger partial charge is 0.290 e. The maximum absolute atomic E-state index is 12.4. The summed E-state index contributed by atoms with van der Waals surface area (Å²) < 4.78 is 10.4. The maximum atomic E-state index is 12.4. The Morgan fingerprint density at radius 3 is 2.96 bits per heavy atom. The quantitative estimate of drug-likeness (QED) is 0.748. The van der Waals surface area contributed by atoms with E-state index in [0.29, 0.717) is 5.92 Å². The zero-order chi connectivity index (χ0) is 17.4. The molecule has 0 spiro atoms. The van der Waals surface area contributed by atoms with Crippen molar-refractivity contribution in [2.45, 2.75) is 26.3 Å². The minimum atomic E-state index is -0.249. The number of carbonyl (C=O) groups is 1. The zero-order valence-corrected chi connectivity index (χ0v) is 14.3. The number of nitrogens with zero attached hydrogens (tertiary/aromatic N) is 1. The van der Waals surface area contributed by atoms with Crippen molar-refractivity contribution in [3.05, 3.63) is 53.0 Å². The van der Waals surface area contributed by atoms with E-state index in [-0.39, 0.29) is 17.7 Å². The highest BCUT2D eigenvalue weighted by molar-refractivity contribution is 5.91. The predicted octanol–water partition coefficient (Wildman–Crippen LogP) is 3.14. The molecular weight excluding hydrogens is 318 g/mol. The number of carbonyl (C=O) groups excluding carboxylic acids is 1. The number of aryl methyl sites for hydroxylation is 1. The van der Waals surface area contributed by atoms with Gasteiger partial charge in [0.1, 0.15) is 0 Å². The summed E-state index contributed by atoms with van der Waals surface area (Å²) in [6, 6.07) is 9.84. The molecule has 0 aliphatic carbocycles. The van der Waals surface area contributed by atoms with Crippen LogP contribution in [-0.2, 0) is 11.2 Å². The molecule has 1 aliphatic rings. The van der Waals surface area contributed by atoms with Gasteiger partial charge in [0.25, 0.3) is 5.91 Å². The second-order valence-electron chi connectivity index (χ2n) is 6.78. The largest absolute Gasteiger partial charge is 0.381 e. The normalized spacial score (nSPS) is 15.9. The maximum Gasteiger partial charge on any atom is 0.290 e. The number of ether oxygens (including phenoxy) is 1. The molecule has 3 heterocycles. The lowest BCUT2D eigenvalue weighted by Gasteiger charge is -2.24. The van der Waals surface area contributed by atoms with Gasteiger partial charge in [-0.2, -0.15) is 0 Å². The Bertz CT molecular complexity index is 908. The molecule has 1 aromatic carbocycles. The standard InChI is InChI=1S/C19H21N3O3/c1-11-5-15-7-14(3-4-17(15)20-11)12(2)21-19(23)18-8-16(22-25-18)6-13-9-24-10-13/h3-5,7-8,12-13,20H,6,9-10H2,1-2H3,(H,21,23). The average Bonchev–Trinajstić information content (AvgIpc) is 3.15. The molecule has 0 saturated carbocycles. The summed E-state index contributed by atoms with van der Waals surface area (Å²) in [6.07, 6.45) is 0.788. The highest BCUT2D eigenvalue weighted by atomic mass is 16.5. The number of H-pyrrole nitrogens is 1. The predicted molar refractivity (Wildman–Crippen MR) is 93.4 cm³/mol. The van der Waals surface area contributed by atoms with E-state index in [1.807, 2.05) is 26.0 Å². The van der Waals surface area contributed by atoms with E-state index in [9.17, 15) is 4.79 Å². The third kappa shape index (κ3) is 3.30. The Balaban J connectivity index is 1.43. The van der Waals surface area contributed by atoms with Gasteiger partial charge in [-0.3, -0.25) is 4.79 Å². The molecule has 3 aromatic rings. The molecule has 2 N–H and O–H groups in total. The van der Waals surface area contributed by atoms with Crippen molar-refractivity contribution >= 4 is 16.8 Å². The molecule has 1 aliphatic heterocycles. The average molecular weight is 339 g/mol. The number of aromatic amines is 1. The fourth-order valence-electron chi connectivity index (χ4n) is 3.13. The van der Waals surface area contributed by atoms with Gasteiger partial charge in [0.05, 0.1) is 24.9 Å². The first kappa shape index (κ1) is 15.9. The summed E-state index contributed by atoms with van der Waals surface area (Å²) in [6.45, 7) is 5.50. The van der Waals surface area contributed by atoms with Gasteiger partial charge in [-0.05, 0) is 43.0 Å². The van der Waals surface area contributed by atoms with E-state index in [1.165, 1.54) is 0 Å². The van der Waals surface area contributed by atoms with Gasteiger partial charge in [0.15, 0.2) is 0 Å². The van der Waals surface area contributed by atoms with Crippen LogP contribution in [0.4, 0.5) is 0 Å². The third-order valence-electron chi connectivity index (χ3n) is 4.61. The zero-order valence-electron chi connectivity index (χ0n) is 14.3. The van der Waals surface area contributed by atoms with Crippen molar-refractivity contribution in [2.24, 2.45) is 5.92 Å². The van der Waals surface area contributed by atoms with Crippen molar-refractivity contribution in [3.8, 4) is 0 Å². The first-order chi connectivity index (χ1) is 12.1. The van der Waals surface area contributed by atoms with Crippen LogP contribution in [0.25, 0.3) is 10.9 Å². The highest BCUT2D eigenvalue weighted by Crippen LogP contribution is 2.22. The van der Waals surface area contributed by atoms with Crippen LogP contribution in [0.3, 0.4) is 0 Å². The summed E-state index contributed by atoms with van der Waals surface area (Å²) in [5, 5.41) is 8.10. The molecule has 130 valence electrons. The number of benzene rings is 1. The second kappa shape index (κ2) is 6.37. The van der Waals surface area contributed by atoms with Crippen molar-refractivity contribution < 1.29 is 14.1 Å². The third-order valence-corrected chi connectivity index (χ3v) is 4.61. The lowest BCUT2D eigenvalue weighted by atomic mass is 10.0. The van der Waals surface area contributed by atoms with Crippen LogP contribution in [0.2, 0.25) is 0 Å². The summed E-state index contributed by atoms with van der Waals surface area (Å²) in [5.74, 6) is 0.485. The molecule has 1 fully saturated rings. The Morgan fingerprint density at radius 2 is 2.20 bits per heavy atom. The molecular formula is C19H21N3O3. The summed E-state index contributed by atoms with van der Waals surface area (Å²) in [4.78, 5) is 15.7. The molecule has 0 bridgehead atoms. The van der Waals surface area contributed by atoms with Crippen LogP contribution in [0.5, 0.6) is 0 Å². The van der Waals surface area contributed by atoms with Crippen LogP contribution in [0, 0.1) is 12.8 Å². The molecule has 2 aromatic heterocycles. The summed E-state index contributed by atoms with van der Waals surface area (Å²) >= 11 is 0. The van der Waals surface area contributed by atoms with Crippen LogP contribution in [-0.4, -0.2) is 29.3 Å². The first-order valence-corrected chi connectivity index (χ1v) is 8.52. The van der Waals surface area contributed by atoms with E-state index < -0.39 is 0 Å². The van der Waals surface area contributed by atoms with E-state index in [2.05, 4.69) is 27.6 Å². The number of amides is 1. The Labute approximate surface area is 145 Å². The monoisotopic (exact) mass is 339 g/mol. The molecule has 0 radical (unpaired) electrons. The highest BCUT2D eigenvalue weighted by Gasteiger charge is 2.22. The van der Waals surface area contributed by atoms with Gasteiger partial charge in [0, 0.05) is 29.6 Å². The topological polar surface area (TPSA) is 80.2 Å². The van der Waals surface area contributed by atoms with Gasteiger partial charge in [-0.1, -0.05) is 11.2 Å². The minimum Gasteiger partial charge on any atom is -0.381 e. The van der Waals surface area contributed by atoms with E-state index in [4.69, 9.17) is 9.26 Å². The van der Waals surface area contributed by atoms with Gasteiger partial charge < -0.3 is 19.6 Å². The summed E-state index contributed by atoms with van der Waals surface area (Å²) in [7, 11) is 0. The Hall–Kier alpha value is -2.60. The van der Waals surface area contributed by atoms with Crippen molar-refractivity contribution in [1.29, 1.82) is 0 Å². The molecule has 1 atom stereocenters. The molecule has 6 nitrogen and oxygen atoms in total. The summed E-state index contributed by atoms with van der Waals surface area (Å²) in [5.41, 5.74) is 4.07. The molecule has 4 rings (SSSR count). The van der Waals surface area contributed by atoms with Crippen molar-refractivity contribution in [2.75, 3.05) is 13.2 Å². The van der Waals surface area contributed by atoms with Gasteiger partial charge in [0.2, 0.25) is 5.76 Å².